The molecular weight excluding hydrogens is 297 g/mol. The quantitative estimate of drug-likeness (QED) is 0.854. The minimum absolute atomic E-state index is 0.187. The van der Waals surface area contributed by atoms with Gasteiger partial charge in [0.25, 0.3) is 0 Å². The largest absolute Gasteiger partial charge is 0.416 e. The van der Waals surface area contributed by atoms with Gasteiger partial charge >= 0.3 is 6.18 Å². The molecule has 0 amide bonds. The van der Waals surface area contributed by atoms with Crippen LogP contribution in [-0.2, 0) is 10.9 Å². The molecule has 118 valence electrons. The van der Waals surface area contributed by atoms with Crippen LogP contribution >= 0.6 is 0 Å². The standard InChI is InChI=1S/C14H15F3N4O/c1-10-9-22-7-6-20(10)13-8-18-21(19-13)12-4-2-11(3-5-12)14(15,16)17/h2-5,8,10H,6-7,9H2,1H3. The average Bonchev–Trinajstić information content (AvgIpc) is 2.96. The van der Waals surface area contributed by atoms with Crippen molar-refractivity contribution in [2.24, 2.45) is 0 Å². The zero-order valence-corrected chi connectivity index (χ0v) is 11.9. The second-order valence-corrected chi connectivity index (χ2v) is 5.15. The van der Waals surface area contributed by atoms with E-state index in [9.17, 15) is 13.2 Å². The maximum Gasteiger partial charge on any atom is 0.416 e. The number of alkyl halides is 3. The summed E-state index contributed by atoms with van der Waals surface area (Å²) < 4.78 is 43.0. The molecule has 1 atom stereocenters. The first-order valence-electron chi connectivity index (χ1n) is 6.89. The van der Waals surface area contributed by atoms with Crippen LogP contribution in [0.4, 0.5) is 19.0 Å². The van der Waals surface area contributed by atoms with Crippen LogP contribution in [0.25, 0.3) is 5.69 Å². The van der Waals surface area contributed by atoms with Crippen molar-refractivity contribution in [2.75, 3.05) is 24.7 Å². The summed E-state index contributed by atoms with van der Waals surface area (Å²) in [6.45, 7) is 3.98. The Labute approximate surface area is 125 Å². The molecule has 1 unspecified atom stereocenters. The summed E-state index contributed by atoms with van der Waals surface area (Å²) in [7, 11) is 0. The number of morpholine rings is 1. The van der Waals surface area contributed by atoms with E-state index in [2.05, 4.69) is 15.1 Å². The zero-order valence-electron chi connectivity index (χ0n) is 11.9. The highest BCUT2D eigenvalue weighted by Gasteiger charge is 2.30. The lowest BCUT2D eigenvalue weighted by molar-refractivity contribution is -0.137. The first kappa shape index (κ1) is 14.8. The second kappa shape index (κ2) is 5.60. The van der Waals surface area contributed by atoms with E-state index in [-0.39, 0.29) is 6.04 Å². The molecule has 1 aliphatic rings. The Morgan fingerprint density at radius 2 is 1.95 bits per heavy atom. The minimum atomic E-state index is -4.34. The number of hydrogen-bond donors (Lipinski definition) is 0. The van der Waals surface area contributed by atoms with Gasteiger partial charge in [-0.25, -0.2) is 0 Å². The van der Waals surface area contributed by atoms with Gasteiger partial charge in [-0.3, -0.25) is 0 Å². The Kier molecular flexibility index (Phi) is 3.78. The SMILES string of the molecule is CC1COCCN1c1cnn(-c2ccc(C(F)(F)F)cc2)n1. The lowest BCUT2D eigenvalue weighted by Gasteiger charge is -2.32. The first-order chi connectivity index (χ1) is 10.4. The van der Waals surface area contributed by atoms with E-state index in [0.29, 0.717) is 31.3 Å². The Morgan fingerprint density at radius 3 is 2.59 bits per heavy atom. The molecule has 0 spiro atoms. The molecule has 0 aliphatic carbocycles. The molecule has 0 radical (unpaired) electrons. The van der Waals surface area contributed by atoms with Crippen LogP contribution in [0, 0.1) is 0 Å². The summed E-state index contributed by atoms with van der Waals surface area (Å²) in [4.78, 5) is 3.40. The molecule has 1 aliphatic heterocycles. The van der Waals surface area contributed by atoms with Crippen molar-refractivity contribution < 1.29 is 17.9 Å². The van der Waals surface area contributed by atoms with Gasteiger partial charge in [0.1, 0.15) is 0 Å². The number of hydrogen-bond acceptors (Lipinski definition) is 4. The van der Waals surface area contributed by atoms with Gasteiger partial charge in [-0.1, -0.05) is 0 Å². The molecule has 0 N–H and O–H groups in total. The van der Waals surface area contributed by atoms with Crippen molar-refractivity contribution in [1.29, 1.82) is 0 Å². The maximum absolute atomic E-state index is 12.6. The molecule has 2 heterocycles. The number of halogens is 3. The highest BCUT2D eigenvalue weighted by molar-refractivity contribution is 5.40. The van der Waals surface area contributed by atoms with Crippen LogP contribution in [0.15, 0.2) is 30.5 Å². The molecule has 1 fully saturated rings. The van der Waals surface area contributed by atoms with E-state index in [4.69, 9.17) is 4.74 Å². The Bertz CT molecular complexity index is 638. The van der Waals surface area contributed by atoms with Crippen LogP contribution in [-0.4, -0.2) is 40.8 Å². The predicted octanol–water partition coefficient (Wildman–Crippen LogP) is 2.51. The summed E-state index contributed by atoms with van der Waals surface area (Å²) in [6, 6.07) is 4.95. The predicted molar refractivity (Wildman–Crippen MR) is 74.0 cm³/mol. The van der Waals surface area contributed by atoms with Crippen LogP contribution in [0.2, 0.25) is 0 Å². The van der Waals surface area contributed by atoms with Crippen LogP contribution in [0.5, 0.6) is 0 Å². The van der Waals surface area contributed by atoms with Crippen molar-refractivity contribution in [2.45, 2.75) is 19.1 Å². The number of nitrogens with zero attached hydrogens (tertiary/aromatic N) is 4. The number of benzene rings is 1. The first-order valence-corrected chi connectivity index (χ1v) is 6.89. The summed E-state index contributed by atoms with van der Waals surface area (Å²) in [5.41, 5.74) is -0.203. The number of rotatable bonds is 2. The molecule has 0 saturated carbocycles. The van der Waals surface area contributed by atoms with Gasteiger partial charge in [0, 0.05) is 6.54 Å². The Morgan fingerprint density at radius 1 is 1.23 bits per heavy atom. The Balaban J connectivity index is 1.81. The molecule has 2 aromatic rings. The topological polar surface area (TPSA) is 43.2 Å². The smallest absolute Gasteiger partial charge is 0.377 e. The van der Waals surface area contributed by atoms with E-state index in [1.165, 1.54) is 16.9 Å². The van der Waals surface area contributed by atoms with Crippen LogP contribution in [0.1, 0.15) is 12.5 Å². The van der Waals surface area contributed by atoms with Crippen molar-refractivity contribution in [1.82, 2.24) is 15.0 Å². The number of ether oxygens (including phenoxy) is 1. The molecule has 3 rings (SSSR count). The third-order valence-corrected chi connectivity index (χ3v) is 3.57. The van der Waals surface area contributed by atoms with Crippen LogP contribution < -0.4 is 4.90 Å². The Hall–Kier alpha value is -2.09. The lowest BCUT2D eigenvalue weighted by atomic mass is 10.2. The zero-order chi connectivity index (χ0) is 15.7. The van der Waals surface area contributed by atoms with E-state index in [0.717, 1.165) is 12.1 Å². The lowest BCUT2D eigenvalue weighted by Crippen LogP contribution is -2.44. The normalized spacial score (nSPS) is 19.5. The van der Waals surface area contributed by atoms with E-state index >= 15 is 0 Å². The third kappa shape index (κ3) is 2.92. The van der Waals surface area contributed by atoms with Gasteiger partial charge in [0.15, 0.2) is 5.82 Å². The number of anilines is 1. The van der Waals surface area contributed by atoms with Crippen molar-refractivity contribution in [3.8, 4) is 5.69 Å². The third-order valence-electron chi connectivity index (χ3n) is 3.57. The van der Waals surface area contributed by atoms with Crippen molar-refractivity contribution in [3.05, 3.63) is 36.0 Å². The fourth-order valence-corrected chi connectivity index (χ4v) is 2.36. The summed E-state index contributed by atoms with van der Waals surface area (Å²) >= 11 is 0. The van der Waals surface area contributed by atoms with E-state index < -0.39 is 11.7 Å². The molecule has 1 aromatic heterocycles. The molecule has 8 heteroatoms. The van der Waals surface area contributed by atoms with Crippen molar-refractivity contribution in [3.63, 3.8) is 0 Å². The van der Waals surface area contributed by atoms with E-state index in [1.54, 1.807) is 6.20 Å². The van der Waals surface area contributed by atoms with E-state index in [1.807, 2.05) is 6.92 Å². The van der Waals surface area contributed by atoms with Gasteiger partial charge in [-0.05, 0) is 31.2 Å². The molecule has 1 aromatic carbocycles. The minimum Gasteiger partial charge on any atom is -0.377 e. The van der Waals surface area contributed by atoms with Gasteiger partial charge in [-0.15, -0.1) is 9.90 Å². The van der Waals surface area contributed by atoms with Crippen molar-refractivity contribution >= 4 is 5.82 Å². The van der Waals surface area contributed by atoms with Gasteiger partial charge < -0.3 is 9.64 Å². The summed E-state index contributed by atoms with van der Waals surface area (Å²) in [6.07, 6.45) is -2.73. The summed E-state index contributed by atoms with van der Waals surface area (Å²) in [5.74, 6) is 0.690. The highest BCUT2D eigenvalue weighted by atomic mass is 19.4. The van der Waals surface area contributed by atoms with Crippen LogP contribution in [0.3, 0.4) is 0 Å². The maximum atomic E-state index is 12.6. The number of aromatic nitrogens is 3. The van der Waals surface area contributed by atoms with Gasteiger partial charge in [0.2, 0.25) is 0 Å². The highest BCUT2D eigenvalue weighted by Crippen LogP contribution is 2.29. The molecule has 1 saturated heterocycles. The molecule has 0 bridgehead atoms. The molecule has 5 nitrogen and oxygen atoms in total. The summed E-state index contributed by atoms with van der Waals surface area (Å²) in [5, 5.41) is 8.47. The second-order valence-electron chi connectivity index (χ2n) is 5.15. The monoisotopic (exact) mass is 312 g/mol. The molecular formula is C14H15F3N4O. The fraction of sp³-hybridized carbons (Fsp3) is 0.429. The average molecular weight is 312 g/mol. The molecule has 22 heavy (non-hydrogen) atoms. The van der Waals surface area contributed by atoms with Gasteiger partial charge in [0.05, 0.1) is 36.7 Å². The fourth-order valence-electron chi connectivity index (χ4n) is 2.36. The van der Waals surface area contributed by atoms with Gasteiger partial charge in [-0.2, -0.15) is 18.3 Å².